The Balaban J connectivity index is 1.73. The SMILES string of the molecule is COc1ccccc1N1C(=O)c2cnc3c(c(C)nn3-c3cccc(C)c3)c2C1=O. The third-order valence-corrected chi connectivity index (χ3v) is 5.29. The van der Waals surface area contributed by atoms with Crippen LogP contribution in [0, 0.1) is 13.8 Å². The zero-order valence-electron chi connectivity index (χ0n) is 16.7. The molecule has 0 unspecified atom stereocenters. The molecule has 0 aliphatic carbocycles. The van der Waals surface area contributed by atoms with E-state index in [1.165, 1.54) is 13.3 Å². The molecule has 0 saturated carbocycles. The fourth-order valence-corrected chi connectivity index (χ4v) is 3.93. The number of carbonyl (C=O) groups is 2. The molecule has 0 spiro atoms. The molecule has 0 fully saturated rings. The predicted molar refractivity (Wildman–Crippen MR) is 112 cm³/mol. The highest BCUT2D eigenvalue weighted by Gasteiger charge is 2.41. The van der Waals surface area contributed by atoms with Crippen molar-refractivity contribution in [3.05, 3.63) is 77.1 Å². The molecule has 0 atom stereocenters. The number of para-hydroxylation sites is 2. The lowest BCUT2D eigenvalue weighted by Gasteiger charge is -2.16. The van der Waals surface area contributed by atoms with Crippen molar-refractivity contribution in [1.82, 2.24) is 14.8 Å². The van der Waals surface area contributed by atoms with Gasteiger partial charge >= 0.3 is 0 Å². The number of ether oxygens (including phenoxy) is 1. The Hall–Kier alpha value is -4.00. The molecule has 2 aromatic carbocycles. The van der Waals surface area contributed by atoms with Crippen molar-refractivity contribution >= 4 is 28.5 Å². The van der Waals surface area contributed by atoms with Gasteiger partial charge in [-0.3, -0.25) is 9.59 Å². The van der Waals surface area contributed by atoms with Crippen LogP contribution in [-0.2, 0) is 0 Å². The maximum absolute atomic E-state index is 13.4. The van der Waals surface area contributed by atoms with E-state index in [0.29, 0.717) is 33.7 Å². The topological polar surface area (TPSA) is 77.3 Å². The summed E-state index contributed by atoms with van der Waals surface area (Å²) in [4.78, 5) is 32.2. The lowest BCUT2D eigenvalue weighted by atomic mass is 10.1. The maximum Gasteiger partial charge on any atom is 0.267 e. The standard InChI is InChI=1S/C23H18N4O3/c1-13-7-6-8-15(11-13)27-21-19(14(2)25-27)20-16(12-24-21)22(28)26(23(20)29)17-9-4-5-10-18(17)30-3/h4-12H,1-3H3. The molecular formula is C23H18N4O3. The molecule has 7 heteroatoms. The number of fused-ring (bicyclic) bond motifs is 3. The van der Waals surface area contributed by atoms with Crippen LogP contribution in [0.2, 0.25) is 0 Å². The molecule has 30 heavy (non-hydrogen) atoms. The van der Waals surface area contributed by atoms with Gasteiger partial charge in [0.1, 0.15) is 5.75 Å². The van der Waals surface area contributed by atoms with Crippen LogP contribution in [0.4, 0.5) is 5.69 Å². The summed E-state index contributed by atoms with van der Waals surface area (Å²) in [5, 5.41) is 5.20. The number of benzene rings is 2. The molecule has 7 nitrogen and oxygen atoms in total. The van der Waals surface area contributed by atoms with Crippen LogP contribution < -0.4 is 9.64 Å². The third-order valence-electron chi connectivity index (χ3n) is 5.29. The van der Waals surface area contributed by atoms with Gasteiger partial charge in [-0.2, -0.15) is 5.10 Å². The van der Waals surface area contributed by atoms with E-state index in [9.17, 15) is 9.59 Å². The molecule has 5 rings (SSSR count). The molecule has 0 radical (unpaired) electrons. The zero-order chi connectivity index (χ0) is 21.0. The van der Waals surface area contributed by atoms with E-state index in [4.69, 9.17) is 4.74 Å². The van der Waals surface area contributed by atoms with Crippen LogP contribution >= 0.6 is 0 Å². The second-order valence-corrected chi connectivity index (χ2v) is 7.20. The number of rotatable bonds is 3. The van der Waals surface area contributed by atoms with E-state index >= 15 is 0 Å². The third kappa shape index (κ3) is 2.45. The number of carbonyl (C=O) groups excluding carboxylic acids is 2. The number of imide groups is 1. The summed E-state index contributed by atoms with van der Waals surface area (Å²) in [6, 6.07) is 14.8. The summed E-state index contributed by atoms with van der Waals surface area (Å²) in [5.74, 6) is -0.376. The van der Waals surface area contributed by atoms with Crippen molar-refractivity contribution in [2.45, 2.75) is 13.8 Å². The highest BCUT2D eigenvalue weighted by atomic mass is 16.5. The van der Waals surface area contributed by atoms with E-state index in [-0.39, 0.29) is 5.56 Å². The van der Waals surface area contributed by atoms with Crippen molar-refractivity contribution in [2.24, 2.45) is 0 Å². The fourth-order valence-electron chi connectivity index (χ4n) is 3.93. The van der Waals surface area contributed by atoms with Crippen molar-refractivity contribution in [1.29, 1.82) is 0 Å². The number of anilines is 1. The van der Waals surface area contributed by atoms with Gasteiger partial charge in [-0.15, -0.1) is 0 Å². The zero-order valence-corrected chi connectivity index (χ0v) is 16.7. The number of hydrogen-bond donors (Lipinski definition) is 0. The van der Waals surface area contributed by atoms with E-state index in [1.54, 1.807) is 28.9 Å². The monoisotopic (exact) mass is 398 g/mol. The van der Waals surface area contributed by atoms with Gasteiger partial charge in [0, 0.05) is 6.20 Å². The van der Waals surface area contributed by atoms with Gasteiger partial charge < -0.3 is 4.74 Å². The normalized spacial score (nSPS) is 13.2. The summed E-state index contributed by atoms with van der Waals surface area (Å²) < 4.78 is 7.07. The van der Waals surface area contributed by atoms with Gasteiger partial charge in [-0.25, -0.2) is 14.6 Å². The summed E-state index contributed by atoms with van der Waals surface area (Å²) in [6.45, 7) is 3.82. The first-order valence-corrected chi connectivity index (χ1v) is 9.48. The minimum Gasteiger partial charge on any atom is -0.495 e. The molecule has 2 amide bonds. The van der Waals surface area contributed by atoms with Crippen LogP contribution in [-0.4, -0.2) is 33.7 Å². The number of amides is 2. The Morgan fingerprint density at radius 3 is 2.53 bits per heavy atom. The highest BCUT2D eigenvalue weighted by Crippen LogP contribution is 2.37. The van der Waals surface area contributed by atoms with Gasteiger partial charge in [0.25, 0.3) is 11.8 Å². The minimum atomic E-state index is -0.420. The minimum absolute atomic E-state index is 0.269. The molecule has 0 N–H and O–H groups in total. The predicted octanol–water partition coefficient (Wildman–Crippen LogP) is 3.85. The Morgan fingerprint density at radius 2 is 1.77 bits per heavy atom. The van der Waals surface area contributed by atoms with E-state index < -0.39 is 11.8 Å². The van der Waals surface area contributed by atoms with Gasteiger partial charge in [-0.1, -0.05) is 24.3 Å². The van der Waals surface area contributed by atoms with Crippen LogP contribution in [0.15, 0.2) is 54.7 Å². The number of aryl methyl sites for hydroxylation is 2. The molecule has 0 bridgehead atoms. The van der Waals surface area contributed by atoms with Crippen LogP contribution in [0.1, 0.15) is 32.0 Å². The van der Waals surface area contributed by atoms with Crippen LogP contribution in [0.3, 0.4) is 0 Å². The largest absolute Gasteiger partial charge is 0.495 e. The molecule has 4 aromatic rings. The number of aromatic nitrogens is 3. The van der Waals surface area contributed by atoms with Crippen LogP contribution in [0.25, 0.3) is 16.7 Å². The Morgan fingerprint density at radius 1 is 0.967 bits per heavy atom. The lowest BCUT2D eigenvalue weighted by Crippen LogP contribution is -2.29. The summed E-state index contributed by atoms with van der Waals surface area (Å²) in [5.41, 5.74) is 4.11. The van der Waals surface area contributed by atoms with Crippen molar-refractivity contribution in [2.75, 3.05) is 12.0 Å². The second kappa shape index (κ2) is 6.52. The summed E-state index contributed by atoms with van der Waals surface area (Å²) in [7, 11) is 1.51. The van der Waals surface area contributed by atoms with Crippen molar-refractivity contribution in [3.63, 3.8) is 0 Å². The average molecular weight is 398 g/mol. The van der Waals surface area contributed by atoms with Gasteiger partial charge in [0.15, 0.2) is 5.65 Å². The van der Waals surface area contributed by atoms with Crippen LogP contribution in [0.5, 0.6) is 5.75 Å². The smallest absolute Gasteiger partial charge is 0.267 e. The second-order valence-electron chi connectivity index (χ2n) is 7.20. The van der Waals surface area contributed by atoms with Gasteiger partial charge in [0.05, 0.1) is 40.7 Å². The molecular weight excluding hydrogens is 380 g/mol. The molecule has 2 aromatic heterocycles. The first kappa shape index (κ1) is 18.1. The number of pyridine rings is 1. The molecule has 1 aliphatic heterocycles. The van der Waals surface area contributed by atoms with E-state index in [2.05, 4.69) is 10.1 Å². The highest BCUT2D eigenvalue weighted by molar-refractivity contribution is 6.37. The Kier molecular flexibility index (Phi) is 3.92. The maximum atomic E-state index is 13.4. The van der Waals surface area contributed by atoms with E-state index in [0.717, 1.165) is 16.2 Å². The fraction of sp³-hybridized carbons (Fsp3) is 0.130. The first-order valence-electron chi connectivity index (χ1n) is 9.48. The Labute approximate surface area is 172 Å². The average Bonchev–Trinajstić information content (AvgIpc) is 3.22. The van der Waals surface area contributed by atoms with Crippen molar-refractivity contribution in [3.8, 4) is 11.4 Å². The van der Waals surface area contributed by atoms with Crippen molar-refractivity contribution < 1.29 is 14.3 Å². The summed E-state index contributed by atoms with van der Waals surface area (Å²) in [6.07, 6.45) is 1.46. The number of methoxy groups -OCH3 is 1. The van der Waals surface area contributed by atoms with Gasteiger partial charge in [-0.05, 0) is 43.7 Å². The number of hydrogen-bond acceptors (Lipinski definition) is 5. The Bertz CT molecular complexity index is 1360. The van der Waals surface area contributed by atoms with Gasteiger partial charge in [0.2, 0.25) is 0 Å². The number of nitrogens with zero attached hydrogens (tertiary/aromatic N) is 4. The lowest BCUT2D eigenvalue weighted by molar-refractivity contribution is 0.0925. The van der Waals surface area contributed by atoms with E-state index in [1.807, 2.05) is 38.1 Å². The molecule has 3 heterocycles. The molecule has 1 aliphatic rings. The quantitative estimate of drug-likeness (QED) is 0.490. The molecule has 148 valence electrons. The molecule has 0 saturated heterocycles. The summed E-state index contributed by atoms with van der Waals surface area (Å²) >= 11 is 0. The first-order chi connectivity index (χ1) is 14.5.